The van der Waals surface area contributed by atoms with Crippen molar-refractivity contribution in [3.63, 3.8) is 0 Å². The Balaban J connectivity index is 2.03. The number of nitrogens with zero attached hydrogens (tertiary/aromatic N) is 2. The maximum Gasteiger partial charge on any atom is 0.287 e. The van der Waals surface area contributed by atoms with Crippen LogP contribution in [0.2, 0.25) is 0 Å². The number of likely N-dealkylation sites (tertiary alicyclic amines) is 1. The molecule has 0 radical (unpaired) electrons. The van der Waals surface area contributed by atoms with Crippen LogP contribution in [0.15, 0.2) is 12.3 Å². The average Bonchev–Trinajstić information content (AvgIpc) is 2.88. The molecule has 2 heterocycles. The third-order valence-electron chi connectivity index (χ3n) is 3.43. The topological polar surface area (TPSA) is 79.2 Å². The van der Waals surface area contributed by atoms with E-state index in [1.807, 2.05) is 0 Å². The summed E-state index contributed by atoms with van der Waals surface area (Å²) in [6.07, 6.45) is 4.44. The standard InChI is InChI=1S/C12H16BrN3O3/c13-4-3-9-2-1-5-15(8-9)12(17)11-6-10(7-14-11)16(18)19/h6-7,9,14H,1-5,8H2. The van der Waals surface area contributed by atoms with Crippen LogP contribution in [0.4, 0.5) is 5.69 Å². The van der Waals surface area contributed by atoms with Crippen LogP contribution in [0.1, 0.15) is 29.8 Å². The third-order valence-corrected chi connectivity index (χ3v) is 3.89. The molecule has 2 rings (SSSR count). The SMILES string of the molecule is O=C(c1cc([N+](=O)[O-])c[nH]1)N1CCCC(CCBr)C1. The zero-order chi connectivity index (χ0) is 13.8. The summed E-state index contributed by atoms with van der Waals surface area (Å²) in [5.74, 6) is 0.370. The smallest absolute Gasteiger partial charge is 0.287 e. The van der Waals surface area contributed by atoms with Gasteiger partial charge in [0.15, 0.2) is 0 Å². The van der Waals surface area contributed by atoms with Gasteiger partial charge in [-0.15, -0.1) is 0 Å². The molecule has 0 aliphatic carbocycles. The minimum absolute atomic E-state index is 0.0719. The highest BCUT2D eigenvalue weighted by Gasteiger charge is 2.25. The first-order valence-electron chi connectivity index (χ1n) is 6.30. The number of amides is 1. The van der Waals surface area contributed by atoms with Crippen molar-refractivity contribution >= 4 is 27.5 Å². The predicted molar refractivity (Wildman–Crippen MR) is 74.5 cm³/mol. The Bertz CT molecular complexity index is 473. The quantitative estimate of drug-likeness (QED) is 0.523. The van der Waals surface area contributed by atoms with E-state index in [0.29, 0.717) is 11.6 Å². The van der Waals surface area contributed by atoms with Crippen molar-refractivity contribution in [1.82, 2.24) is 9.88 Å². The molecule has 1 fully saturated rings. The fourth-order valence-electron chi connectivity index (χ4n) is 2.42. The molecule has 104 valence electrons. The fourth-order valence-corrected chi connectivity index (χ4v) is 3.07. The summed E-state index contributed by atoms with van der Waals surface area (Å²) in [5, 5.41) is 11.5. The van der Waals surface area contributed by atoms with Gasteiger partial charge in [0.2, 0.25) is 0 Å². The van der Waals surface area contributed by atoms with Crippen LogP contribution < -0.4 is 0 Å². The lowest BCUT2D eigenvalue weighted by Gasteiger charge is -2.32. The normalized spacial score (nSPS) is 19.4. The number of aromatic amines is 1. The van der Waals surface area contributed by atoms with Crippen molar-refractivity contribution in [3.8, 4) is 0 Å². The van der Waals surface area contributed by atoms with Crippen molar-refractivity contribution in [3.05, 3.63) is 28.1 Å². The van der Waals surface area contributed by atoms with Gasteiger partial charge in [-0.1, -0.05) is 15.9 Å². The Kier molecular flexibility index (Phi) is 4.57. The second-order valence-corrected chi connectivity index (χ2v) is 5.56. The molecule has 1 aromatic rings. The van der Waals surface area contributed by atoms with E-state index in [4.69, 9.17) is 0 Å². The van der Waals surface area contributed by atoms with Gasteiger partial charge in [-0.3, -0.25) is 14.9 Å². The molecule has 1 aliphatic rings. The van der Waals surface area contributed by atoms with Crippen LogP contribution >= 0.6 is 15.9 Å². The number of nitro groups is 1. The van der Waals surface area contributed by atoms with Crippen molar-refractivity contribution in [2.75, 3.05) is 18.4 Å². The van der Waals surface area contributed by atoms with Gasteiger partial charge in [0.25, 0.3) is 11.6 Å². The molecular formula is C12H16BrN3O3. The number of rotatable bonds is 4. The summed E-state index contributed by atoms with van der Waals surface area (Å²) in [6.45, 7) is 1.46. The lowest BCUT2D eigenvalue weighted by atomic mass is 9.95. The lowest BCUT2D eigenvalue weighted by molar-refractivity contribution is -0.384. The number of H-pyrrole nitrogens is 1. The van der Waals surface area contributed by atoms with Crippen molar-refractivity contribution < 1.29 is 9.72 Å². The van der Waals surface area contributed by atoms with Gasteiger partial charge in [0.1, 0.15) is 5.69 Å². The predicted octanol–water partition coefficient (Wildman–Crippen LogP) is 2.56. The molecule has 1 aliphatic heterocycles. The first-order valence-corrected chi connectivity index (χ1v) is 7.42. The fraction of sp³-hybridized carbons (Fsp3) is 0.583. The molecule has 7 heteroatoms. The summed E-state index contributed by atoms with van der Waals surface area (Å²) >= 11 is 3.42. The molecule has 0 bridgehead atoms. The number of aromatic nitrogens is 1. The summed E-state index contributed by atoms with van der Waals surface area (Å²) < 4.78 is 0. The summed E-state index contributed by atoms with van der Waals surface area (Å²) in [5.41, 5.74) is 0.226. The first kappa shape index (κ1) is 14.0. The van der Waals surface area contributed by atoms with E-state index >= 15 is 0 Å². The van der Waals surface area contributed by atoms with Crippen LogP contribution in [0.25, 0.3) is 0 Å². The zero-order valence-corrected chi connectivity index (χ0v) is 12.1. The molecule has 1 unspecified atom stereocenters. The number of hydrogen-bond donors (Lipinski definition) is 1. The molecule has 0 aromatic carbocycles. The Morgan fingerprint density at radius 2 is 2.42 bits per heavy atom. The molecule has 1 amide bonds. The van der Waals surface area contributed by atoms with Gasteiger partial charge in [-0.25, -0.2) is 0 Å². The van der Waals surface area contributed by atoms with Crippen LogP contribution in [-0.2, 0) is 0 Å². The van der Waals surface area contributed by atoms with Gasteiger partial charge in [0.05, 0.1) is 11.1 Å². The summed E-state index contributed by atoms with van der Waals surface area (Å²) in [4.78, 5) is 26.8. The van der Waals surface area contributed by atoms with E-state index in [1.54, 1.807) is 4.90 Å². The number of carbonyl (C=O) groups is 1. The van der Waals surface area contributed by atoms with Gasteiger partial charge < -0.3 is 9.88 Å². The van der Waals surface area contributed by atoms with Crippen molar-refractivity contribution in [1.29, 1.82) is 0 Å². The third kappa shape index (κ3) is 3.34. The molecule has 6 nitrogen and oxygen atoms in total. The minimum atomic E-state index is -0.503. The second kappa shape index (κ2) is 6.18. The summed E-state index contributed by atoms with van der Waals surface area (Å²) in [6, 6.07) is 1.30. The number of halogens is 1. The lowest BCUT2D eigenvalue weighted by Crippen LogP contribution is -2.40. The van der Waals surface area contributed by atoms with E-state index < -0.39 is 4.92 Å². The maximum atomic E-state index is 12.2. The number of piperidine rings is 1. The van der Waals surface area contributed by atoms with Gasteiger partial charge >= 0.3 is 0 Å². The highest BCUT2D eigenvalue weighted by atomic mass is 79.9. The molecule has 1 saturated heterocycles. The van der Waals surface area contributed by atoms with Crippen LogP contribution in [-0.4, -0.2) is 39.1 Å². The molecule has 0 spiro atoms. The zero-order valence-electron chi connectivity index (χ0n) is 10.5. The Morgan fingerprint density at radius 3 is 3.05 bits per heavy atom. The van der Waals surface area contributed by atoms with Crippen LogP contribution in [0.5, 0.6) is 0 Å². The molecule has 1 aromatic heterocycles. The van der Waals surface area contributed by atoms with E-state index in [9.17, 15) is 14.9 Å². The average molecular weight is 330 g/mol. The second-order valence-electron chi connectivity index (χ2n) is 4.77. The van der Waals surface area contributed by atoms with Crippen LogP contribution in [0.3, 0.4) is 0 Å². The maximum absolute atomic E-state index is 12.2. The minimum Gasteiger partial charge on any atom is -0.351 e. The number of alkyl halides is 1. The number of nitrogens with one attached hydrogen (secondary N) is 1. The number of hydrogen-bond acceptors (Lipinski definition) is 3. The highest BCUT2D eigenvalue weighted by Crippen LogP contribution is 2.22. The Labute approximate surface area is 119 Å². The van der Waals surface area contributed by atoms with E-state index in [0.717, 1.165) is 37.7 Å². The van der Waals surface area contributed by atoms with Crippen molar-refractivity contribution in [2.24, 2.45) is 5.92 Å². The summed E-state index contributed by atoms with van der Waals surface area (Å²) in [7, 11) is 0. The monoisotopic (exact) mass is 329 g/mol. The molecule has 19 heavy (non-hydrogen) atoms. The first-order chi connectivity index (χ1) is 9.11. The molecular weight excluding hydrogens is 314 g/mol. The molecule has 0 saturated carbocycles. The van der Waals surface area contributed by atoms with Crippen LogP contribution in [0, 0.1) is 16.0 Å². The molecule has 1 atom stereocenters. The van der Waals surface area contributed by atoms with E-state index in [2.05, 4.69) is 20.9 Å². The number of carbonyl (C=O) groups excluding carboxylic acids is 1. The Hall–Kier alpha value is -1.37. The van der Waals surface area contributed by atoms with Gasteiger partial charge in [-0.05, 0) is 25.2 Å². The highest BCUT2D eigenvalue weighted by molar-refractivity contribution is 9.09. The molecule has 1 N–H and O–H groups in total. The van der Waals surface area contributed by atoms with E-state index in [-0.39, 0.29) is 11.6 Å². The Morgan fingerprint density at radius 1 is 1.63 bits per heavy atom. The van der Waals surface area contributed by atoms with Crippen molar-refractivity contribution in [2.45, 2.75) is 19.3 Å². The largest absolute Gasteiger partial charge is 0.351 e. The van der Waals surface area contributed by atoms with Gasteiger partial charge in [-0.2, -0.15) is 0 Å². The van der Waals surface area contributed by atoms with Gasteiger partial charge in [0, 0.05) is 24.5 Å². The van der Waals surface area contributed by atoms with E-state index in [1.165, 1.54) is 12.3 Å².